The Morgan fingerprint density at radius 1 is 1.35 bits per heavy atom. The van der Waals surface area contributed by atoms with Crippen molar-refractivity contribution in [1.29, 1.82) is 0 Å². The third kappa shape index (κ3) is 4.39. The number of hydrogen-bond donors (Lipinski definition) is 2. The van der Waals surface area contributed by atoms with Crippen molar-refractivity contribution >= 4 is 17.8 Å². The van der Waals surface area contributed by atoms with Crippen LogP contribution in [0, 0.1) is 0 Å². The fourth-order valence-electron chi connectivity index (χ4n) is 1.71. The molecule has 0 unspecified atom stereocenters. The van der Waals surface area contributed by atoms with Gasteiger partial charge in [-0.15, -0.1) is 0 Å². The van der Waals surface area contributed by atoms with E-state index in [1.165, 1.54) is 0 Å². The highest BCUT2D eigenvalue weighted by molar-refractivity contribution is 6.06. The van der Waals surface area contributed by atoms with Crippen LogP contribution in [0.1, 0.15) is 26.7 Å². The first kappa shape index (κ1) is 16.3. The summed E-state index contributed by atoms with van der Waals surface area (Å²) in [5.41, 5.74) is -0.990. The van der Waals surface area contributed by atoms with E-state index in [1.807, 2.05) is 0 Å². The highest BCUT2D eigenvalue weighted by Crippen LogP contribution is 2.17. The van der Waals surface area contributed by atoms with Crippen molar-refractivity contribution in [2.24, 2.45) is 0 Å². The van der Waals surface area contributed by atoms with Gasteiger partial charge in [-0.3, -0.25) is 14.5 Å². The molecule has 1 saturated heterocycles. The molecule has 2 N–H and O–H groups in total. The lowest BCUT2D eigenvalue weighted by atomic mass is 10.1. The molecule has 4 amide bonds. The van der Waals surface area contributed by atoms with E-state index in [9.17, 15) is 27.6 Å². The second-order valence-corrected chi connectivity index (χ2v) is 5.01. The Hall–Kier alpha value is -1.80. The van der Waals surface area contributed by atoms with Crippen LogP contribution >= 0.6 is 0 Å². The molecule has 0 saturated carbocycles. The number of nitrogens with zero attached hydrogens (tertiary/aromatic N) is 1. The van der Waals surface area contributed by atoms with E-state index < -0.39 is 36.1 Å². The van der Waals surface area contributed by atoms with Gasteiger partial charge in [0.1, 0.15) is 12.1 Å². The van der Waals surface area contributed by atoms with E-state index in [4.69, 9.17) is 0 Å². The Morgan fingerprint density at radius 3 is 2.40 bits per heavy atom. The molecule has 0 spiro atoms. The summed E-state index contributed by atoms with van der Waals surface area (Å²) < 4.78 is 35.6. The van der Waals surface area contributed by atoms with Gasteiger partial charge in [-0.2, -0.15) is 13.2 Å². The molecule has 1 aliphatic rings. The largest absolute Gasteiger partial charge is 0.405 e. The molecule has 0 aromatic heterocycles. The van der Waals surface area contributed by atoms with E-state index in [0.717, 1.165) is 4.90 Å². The number of amides is 4. The van der Waals surface area contributed by atoms with Crippen LogP contribution in [0.25, 0.3) is 0 Å². The second-order valence-electron chi connectivity index (χ2n) is 5.01. The number of rotatable bonds is 5. The first-order valence-electron chi connectivity index (χ1n) is 6.00. The SMILES string of the molecule is CC1(C)NC(=O)N(CCCC(=O)NCC(F)(F)F)C1=O. The maximum atomic E-state index is 11.9. The van der Waals surface area contributed by atoms with Gasteiger partial charge >= 0.3 is 12.2 Å². The average molecular weight is 295 g/mol. The van der Waals surface area contributed by atoms with Crippen LogP contribution in [-0.2, 0) is 9.59 Å². The lowest BCUT2D eigenvalue weighted by molar-refractivity contribution is -0.138. The Labute approximate surface area is 113 Å². The number of carbonyl (C=O) groups excluding carboxylic acids is 3. The van der Waals surface area contributed by atoms with Crippen LogP contribution in [0.5, 0.6) is 0 Å². The smallest absolute Gasteiger partial charge is 0.347 e. The van der Waals surface area contributed by atoms with Crippen molar-refractivity contribution in [3.05, 3.63) is 0 Å². The molecule has 1 heterocycles. The minimum atomic E-state index is -4.45. The molecular formula is C11H16F3N3O3. The standard InChI is InChI=1S/C11H16F3N3O3/c1-10(2)8(19)17(9(20)16-10)5-3-4-7(18)15-6-11(12,13)14/h3-6H2,1-2H3,(H,15,18)(H,16,20). The fraction of sp³-hybridized carbons (Fsp3) is 0.727. The van der Waals surface area contributed by atoms with E-state index in [0.29, 0.717) is 0 Å². The third-order valence-corrected chi connectivity index (χ3v) is 2.72. The molecule has 0 bridgehead atoms. The topological polar surface area (TPSA) is 78.5 Å². The quantitative estimate of drug-likeness (QED) is 0.736. The molecule has 114 valence electrons. The summed E-state index contributed by atoms with van der Waals surface area (Å²) in [5, 5.41) is 4.18. The number of alkyl halides is 3. The minimum Gasteiger partial charge on any atom is -0.347 e. The molecule has 20 heavy (non-hydrogen) atoms. The van der Waals surface area contributed by atoms with Crippen molar-refractivity contribution < 1.29 is 27.6 Å². The van der Waals surface area contributed by atoms with Gasteiger partial charge in [-0.25, -0.2) is 4.79 Å². The Bertz CT molecular complexity index is 421. The zero-order chi connectivity index (χ0) is 15.6. The van der Waals surface area contributed by atoms with Gasteiger partial charge in [0.25, 0.3) is 5.91 Å². The molecule has 1 aliphatic heterocycles. The predicted octanol–water partition coefficient (Wildman–Crippen LogP) is 0.775. The first-order chi connectivity index (χ1) is 9.03. The number of nitrogens with one attached hydrogen (secondary N) is 2. The lowest BCUT2D eigenvalue weighted by Crippen LogP contribution is -2.40. The van der Waals surface area contributed by atoms with Crippen molar-refractivity contribution in [3.8, 4) is 0 Å². The molecule has 0 aromatic carbocycles. The maximum Gasteiger partial charge on any atom is 0.405 e. The van der Waals surface area contributed by atoms with E-state index in [-0.39, 0.29) is 19.4 Å². The summed E-state index contributed by atoms with van der Waals surface area (Å²) in [6.45, 7) is 1.70. The van der Waals surface area contributed by atoms with Crippen LogP contribution in [0.15, 0.2) is 0 Å². The molecule has 6 nitrogen and oxygen atoms in total. The Kier molecular flexibility index (Phi) is 4.61. The first-order valence-corrected chi connectivity index (χ1v) is 6.00. The van der Waals surface area contributed by atoms with E-state index in [1.54, 1.807) is 19.2 Å². The van der Waals surface area contributed by atoms with Crippen LogP contribution in [0.2, 0.25) is 0 Å². The number of urea groups is 1. The van der Waals surface area contributed by atoms with Crippen molar-refractivity contribution in [2.75, 3.05) is 13.1 Å². The summed E-state index contributed by atoms with van der Waals surface area (Å²) in [6.07, 6.45) is -4.53. The number of hydrogen-bond acceptors (Lipinski definition) is 3. The second kappa shape index (κ2) is 5.68. The summed E-state index contributed by atoms with van der Waals surface area (Å²) in [5.74, 6) is -1.19. The van der Waals surface area contributed by atoms with Crippen molar-refractivity contribution in [3.63, 3.8) is 0 Å². The number of carbonyl (C=O) groups is 3. The molecular weight excluding hydrogens is 279 g/mol. The van der Waals surface area contributed by atoms with Crippen molar-refractivity contribution in [2.45, 2.75) is 38.4 Å². The zero-order valence-electron chi connectivity index (χ0n) is 11.1. The van der Waals surface area contributed by atoms with Crippen LogP contribution < -0.4 is 10.6 Å². The lowest BCUT2D eigenvalue weighted by Gasteiger charge is -2.15. The van der Waals surface area contributed by atoms with Gasteiger partial charge in [-0.1, -0.05) is 0 Å². The fourth-order valence-corrected chi connectivity index (χ4v) is 1.71. The minimum absolute atomic E-state index is 0.00641. The van der Waals surface area contributed by atoms with Gasteiger partial charge in [0, 0.05) is 13.0 Å². The molecule has 0 aromatic rings. The third-order valence-electron chi connectivity index (χ3n) is 2.72. The van der Waals surface area contributed by atoms with Gasteiger partial charge in [0.2, 0.25) is 5.91 Å². The van der Waals surface area contributed by atoms with Gasteiger partial charge < -0.3 is 10.6 Å². The molecule has 0 atom stereocenters. The molecule has 1 rings (SSSR count). The average Bonchev–Trinajstić information content (AvgIpc) is 2.47. The normalized spacial score (nSPS) is 18.1. The number of imide groups is 1. The van der Waals surface area contributed by atoms with Crippen LogP contribution in [0.4, 0.5) is 18.0 Å². The molecule has 0 radical (unpaired) electrons. The summed E-state index contributed by atoms with van der Waals surface area (Å²) >= 11 is 0. The summed E-state index contributed by atoms with van der Waals surface area (Å²) in [7, 11) is 0. The van der Waals surface area contributed by atoms with E-state index >= 15 is 0 Å². The number of halogens is 3. The zero-order valence-corrected chi connectivity index (χ0v) is 11.1. The highest BCUT2D eigenvalue weighted by atomic mass is 19.4. The molecule has 9 heteroatoms. The van der Waals surface area contributed by atoms with Crippen LogP contribution in [-0.4, -0.2) is 47.6 Å². The Morgan fingerprint density at radius 2 is 1.95 bits per heavy atom. The van der Waals surface area contributed by atoms with E-state index in [2.05, 4.69) is 5.32 Å². The highest BCUT2D eigenvalue weighted by Gasteiger charge is 2.43. The Balaban J connectivity index is 2.33. The molecule has 0 aliphatic carbocycles. The maximum absolute atomic E-state index is 11.9. The van der Waals surface area contributed by atoms with Crippen LogP contribution in [0.3, 0.4) is 0 Å². The molecule has 1 fully saturated rings. The summed E-state index contributed by atoms with van der Waals surface area (Å²) in [4.78, 5) is 35.3. The van der Waals surface area contributed by atoms with Crippen molar-refractivity contribution in [1.82, 2.24) is 15.5 Å². The predicted molar refractivity (Wildman–Crippen MR) is 62.6 cm³/mol. The van der Waals surface area contributed by atoms with Gasteiger partial charge in [-0.05, 0) is 20.3 Å². The monoisotopic (exact) mass is 295 g/mol. The summed E-state index contributed by atoms with van der Waals surface area (Å²) in [6, 6.07) is -0.560. The van der Waals surface area contributed by atoms with Gasteiger partial charge in [0.15, 0.2) is 0 Å². The van der Waals surface area contributed by atoms with Gasteiger partial charge in [0.05, 0.1) is 0 Å².